The maximum absolute atomic E-state index is 6.54. The fourth-order valence-corrected chi connectivity index (χ4v) is 5.76. The first kappa shape index (κ1) is 19.5. The number of furan rings is 1. The summed E-state index contributed by atoms with van der Waals surface area (Å²) in [7, 11) is 0. The topological polar surface area (TPSA) is 18.1 Å². The molecule has 2 heterocycles. The van der Waals surface area contributed by atoms with Gasteiger partial charge in [0.1, 0.15) is 11.2 Å². The molecule has 0 saturated carbocycles. The summed E-state index contributed by atoms with van der Waals surface area (Å²) < 4.78 is 8.91. The number of nitrogens with zero attached hydrogens (tertiary/aromatic N) is 1. The molecule has 0 saturated heterocycles. The lowest BCUT2D eigenvalue weighted by molar-refractivity contribution is 0.673. The fourth-order valence-electron chi connectivity index (χ4n) is 5.76. The highest BCUT2D eigenvalue weighted by molar-refractivity contribution is 6.29. The van der Waals surface area contributed by atoms with Gasteiger partial charge in [-0.2, -0.15) is 0 Å². The van der Waals surface area contributed by atoms with E-state index in [1.165, 1.54) is 38.2 Å². The van der Waals surface area contributed by atoms with Crippen LogP contribution in [0.2, 0.25) is 0 Å². The van der Waals surface area contributed by atoms with E-state index in [9.17, 15) is 0 Å². The number of hydrogen-bond donors (Lipinski definition) is 0. The van der Waals surface area contributed by atoms with Crippen LogP contribution in [0.3, 0.4) is 0 Å². The van der Waals surface area contributed by atoms with Crippen LogP contribution in [0.1, 0.15) is 0 Å². The van der Waals surface area contributed by atoms with Crippen molar-refractivity contribution in [2.24, 2.45) is 0 Å². The Kier molecular flexibility index (Phi) is 3.97. The molecule has 0 aliphatic carbocycles. The van der Waals surface area contributed by atoms with Crippen LogP contribution < -0.4 is 0 Å². The van der Waals surface area contributed by atoms with Crippen LogP contribution in [0.15, 0.2) is 132 Å². The van der Waals surface area contributed by atoms with Gasteiger partial charge in [-0.25, -0.2) is 0 Å². The molecule has 36 heavy (non-hydrogen) atoms. The number of fused-ring (bicyclic) bond motifs is 9. The molecule has 0 aliphatic rings. The first-order valence-corrected chi connectivity index (χ1v) is 12.3. The molecular formula is C34H21NO. The summed E-state index contributed by atoms with van der Waals surface area (Å²) >= 11 is 0. The number of hydrogen-bond acceptors (Lipinski definition) is 1. The minimum atomic E-state index is 0.924. The van der Waals surface area contributed by atoms with Crippen molar-refractivity contribution in [3.63, 3.8) is 0 Å². The van der Waals surface area contributed by atoms with Crippen LogP contribution in [0, 0.1) is 0 Å². The van der Waals surface area contributed by atoms with Gasteiger partial charge in [0.2, 0.25) is 0 Å². The summed E-state index contributed by atoms with van der Waals surface area (Å²) in [6.07, 6.45) is 0. The Labute approximate surface area is 207 Å². The van der Waals surface area contributed by atoms with Gasteiger partial charge in [0.25, 0.3) is 0 Å². The predicted molar refractivity (Wildman–Crippen MR) is 151 cm³/mol. The van der Waals surface area contributed by atoms with E-state index < -0.39 is 0 Å². The molecule has 8 rings (SSSR count). The quantitative estimate of drug-likeness (QED) is 0.252. The lowest BCUT2D eigenvalue weighted by atomic mass is 10.0. The highest BCUT2D eigenvalue weighted by Gasteiger charge is 2.20. The van der Waals surface area contributed by atoms with Gasteiger partial charge >= 0.3 is 0 Å². The number of benzene rings is 6. The van der Waals surface area contributed by atoms with Crippen molar-refractivity contribution in [3.8, 4) is 16.8 Å². The zero-order valence-electron chi connectivity index (χ0n) is 19.5. The van der Waals surface area contributed by atoms with Crippen LogP contribution in [-0.2, 0) is 0 Å². The maximum Gasteiger partial charge on any atom is 0.145 e. The monoisotopic (exact) mass is 459 g/mol. The third-order valence-electron chi connectivity index (χ3n) is 7.40. The van der Waals surface area contributed by atoms with Gasteiger partial charge in [-0.1, -0.05) is 91.0 Å². The van der Waals surface area contributed by atoms with Crippen LogP contribution in [0.4, 0.5) is 0 Å². The summed E-state index contributed by atoms with van der Waals surface area (Å²) in [5, 5.41) is 7.19. The average Bonchev–Trinajstić information content (AvgIpc) is 3.49. The molecular weight excluding hydrogens is 438 g/mol. The van der Waals surface area contributed by atoms with Gasteiger partial charge in [-0.3, -0.25) is 0 Å². The Morgan fingerprint density at radius 2 is 1.11 bits per heavy atom. The van der Waals surface area contributed by atoms with Crippen LogP contribution in [-0.4, -0.2) is 4.57 Å². The molecule has 2 aromatic heterocycles. The second-order valence-electron chi connectivity index (χ2n) is 9.36. The third kappa shape index (κ3) is 2.67. The Morgan fingerprint density at radius 3 is 1.97 bits per heavy atom. The largest absolute Gasteiger partial charge is 0.455 e. The molecule has 0 atom stereocenters. The molecule has 6 aromatic carbocycles. The maximum atomic E-state index is 6.54. The molecule has 0 amide bonds. The van der Waals surface area contributed by atoms with E-state index in [-0.39, 0.29) is 0 Å². The summed E-state index contributed by atoms with van der Waals surface area (Å²) in [6, 6.07) is 45.3. The number of rotatable bonds is 2. The van der Waals surface area contributed by atoms with Gasteiger partial charge in [0.15, 0.2) is 0 Å². The molecule has 2 heteroatoms. The van der Waals surface area contributed by atoms with Crippen LogP contribution in [0.5, 0.6) is 0 Å². The normalized spacial score (nSPS) is 11.9. The first-order valence-electron chi connectivity index (χ1n) is 12.3. The lowest BCUT2D eigenvalue weighted by Crippen LogP contribution is -1.93. The standard InChI is InChI=1S/C34H21NO/c1-2-8-22(9-3-1)23-14-17-25(18-15-23)35-29-20-16-24-10-4-5-11-26(24)32(29)33-30(35)21-19-28-27-12-6-7-13-31(27)36-34(28)33/h1-21H. The van der Waals surface area contributed by atoms with E-state index in [4.69, 9.17) is 4.42 Å². The SMILES string of the molecule is c1ccc(-c2ccc(-n3c4ccc5ccccc5c4c4c5oc6ccccc6c5ccc43)cc2)cc1. The molecule has 0 fully saturated rings. The van der Waals surface area contributed by atoms with E-state index in [0.29, 0.717) is 0 Å². The third-order valence-corrected chi connectivity index (χ3v) is 7.40. The molecule has 0 aliphatic heterocycles. The minimum Gasteiger partial charge on any atom is -0.455 e. The van der Waals surface area contributed by atoms with Crippen LogP contribution >= 0.6 is 0 Å². The molecule has 0 unspecified atom stereocenters. The molecule has 8 aromatic rings. The zero-order valence-corrected chi connectivity index (χ0v) is 19.5. The molecule has 0 radical (unpaired) electrons. The molecule has 2 nitrogen and oxygen atoms in total. The van der Waals surface area contributed by atoms with E-state index in [0.717, 1.165) is 33.1 Å². The zero-order chi connectivity index (χ0) is 23.6. The molecule has 0 N–H and O–H groups in total. The Hall–Kier alpha value is -4.82. The highest BCUT2D eigenvalue weighted by atomic mass is 16.3. The van der Waals surface area contributed by atoms with Crippen LogP contribution in [0.25, 0.3) is 71.3 Å². The van der Waals surface area contributed by atoms with Gasteiger partial charge in [-0.15, -0.1) is 0 Å². The van der Waals surface area contributed by atoms with Crippen molar-refractivity contribution in [3.05, 3.63) is 127 Å². The van der Waals surface area contributed by atoms with Gasteiger partial charge in [0, 0.05) is 21.8 Å². The minimum absolute atomic E-state index is 0.924. The lowest BCUT2D eigenvalue weighted by Gasteiger charge is -2.10. The van der Waals surface area contributed by atoms with Crippen molar-refractivity contribution in [2.75, 3.05) is 0 Å². The van der Waals surface area contributed by atoms with Gasteiger partial charge in [-0.05, 0) is 58.3 Å². The molecule has 168 valence electrons. The second-order valence-corrected chi connectivity index (χ2v) is 9.36. The Bertz CT molecular complexity index is 2080. The summed E-state index contributed by atoms with van der Waals surface area (Å²) in [6.45, 7) is 0. The fraction of sp³-hybridized carbons (Fsp3) is 0. The Morgan fingerprint density at radius 1 is 0.444 bits per heavy atom. The molecule has 0 bridgehead atoms. The van der Waals surface area contributed by atoms with Crippen molar-refractivity contribution < 1.29 is 4.42 Å². The first-order chi connectivity index (χ1) is 17.9. The smallest absolute Gasteiger partial charge is 0.145 e. The number of para-hydroxylation sites is 1. The second kappa shape index (κ2) is 7.34. The van der Waals surface area contributed by atoms with Crippen molar-refractivity contribution in [1.82, 2.24) is 4.57 Å². The summed E-state index contributed by atoms with van der Waals surface area (Å²) in [5.41, 5.74) is 7.79. The van der Waals surface area contributed by atoms with Gasteiger partial charge < -0.3 is 8.98 Å². The van der Waals surface area contributed by atoms with Crippen molar-refractivity contribution in [2.45, 2.75) is 0 Å². The van der Waals surface area contributed by atoms with E-state index in [1.807, 2.05) is 6.07 Å². The summed E-state index contributed by atoms with van der Waals surface area (Å²) in [4.78, 5) is 0. The van der Waals surface area contributed by atoms with Crippen molar-refractivity contribution >= 4 is 54.5 Å². The van der Waals surface area contributed by atoms with Crippen molar-refractivity contribution in [1.29, 1.82) is 0 Å². The van der Waals surface area contributed by atoms with E-state index >= 15 is 0 Å². The predicted octanol–water partition coefficient (Wildman–Crippen LogP) is 9.50. The highest BCUT2D eigenvalue weighted by Crippen LogP contribution is 2.43. The van der Waals surface area contributed by atoms with E-state index in [2.05, 4.69) is 126 Å². The van der Waals surface area contributed by atoms with E-state index in [1.54, 1.807) is 0 Å². The molecule has 0 spiro atoms. The number of aromatic nitrogens is 1. The summed E-state index contributed by atoms with van der Waals surface area (Å²) in [5.74, 6) is 0. The Balaban J connectivity index is 1.50. The van der Waals surface area contributed by atoms with Gasteiger partial charge in [0.05, 0.1) is 16.4 Å². The average molecular weight is 460 g/mol.